The lowest BCUT2D eigenvalue weighted by atomic mass is 10.2. The van der Waals surface area contributed by atoms with Crippen LogP contribution >= 0.6 is 8.20 Å². The summed E-state index contributed by atoms with van der Waals surface area (Å²) in [6, 6.07) is 5.66. The van der Waals surface area contributed by atoms with Crippen molar-refractivity contribution in [3.63, 3.8) is 0 Å². The van der Waals surface area contributed by atoms with E-state index in [1.165, 1.54) is 0 Å². The lowest BCUT2D eigenvalue weighted by Crippen LogP contribution is -2.15. The van der Waals surface area contributed by atoms with Crippen LogP contribution in [0.25, 0.3) is 0 Å². The Morgan fingerprint density at radius 1 is 1.16 bits per heavy atom. The molecule has 1 rings (SSSR count). The zero-order valence-corrected chi connectivity index (χ0v) is 12.9. The molecule has 0 heterocycles. The van der Waals surface area contributed by atoms with E-state index in [9.17, 15) is 5.11 Å². The highest BCUT2D eigenvalue weighted by atomic mass is 31.1. The van der Waals surface area contributed by atoms with E-state index in [0.717, 1.165) is 35.6 Å². The molecule has 1 aromatic rings. The quantitative estimate of drug-likeness (QED) is 0.722. The predicted octanol–water partition coefficient (Wildman–Crippen LogP) is 2.73. The number of rotatable bonds is 7. The molecule has 0 aromatic heterocycles. The number of ether oxygens (including phenoxy) is 2. The van der Waals surface area contributed by atoms with E-state index in [1.807, 2.05) is 32.0 Å². The molecule has 0 aliphatic heterocycles. The van der Waals surface area contributed by atoms with Crippen molar-refractivity contribution in [2.24, 2.45) is 0 Å². The van der Waals surface area contributed by atoms with Crippen LogP contribution in [0.1, 0.15) is 40.5 Å². The molecule has 2 unspecified atom stereocenters. The van der Waals surface area contributed by atoms with Crippen molar-refractivity contribution in [2.75, 3.05) is 0 Å². The van der Waals surface area contributed by atoms with E-state index >= 15 is 0 Å². The smallest absolute Gasteiger partial charge is 0.135 e. The highest BCUT2D eigenvalue weighted by molar-refractivity contribution is 7.46. The van der Waals surface area contributed by atoms with Gasteiger partial charge >= 0.3 is 0 Å². The van der Waals surface area contributed by atoms with Crippen molar-refractivity contribution in [1.29, 1.82) is 0 Å². The molecule has 0 fully saturated rings. The summed E-state index contributed by atoms with van der Waals surface area (Å²) in [7, 11) is 0.622. The maximum Gasteiger partial charge on any atom is 0.135 e. The van der Waals surface area contributed by atoms with Crippen molar-refractivity contribution >= 4 is 19.5 Å². The minimum atomic E-state index is 0.124. The van der Waals surface area contributed by atoms with Gasteiger partial charge in [0, 0.05) is 11.4 Å². The molecule has 2 atom stereocenters. The van der Waals surface area contributed by atoms with Crippen molar-refractivity contribution in [1.82, 2.24) is 0 Å². The van der Waals surface area contributed by atoms with Gasteiger partial charge in [0.2, 0.25) is 0 Å². The van der Waals surface area contributed by atoms with Gasteiger partial charge in [-0.1, -0.05) is 22.1 Å². The second kappa shape index (κ2) is 8.19. The molecule has 4 heteroatoms. The lowest BCUT2D eigenvalue weighted by molar-refractivity contribution is -0.195. The first-order valence-corrected chi connectivity index (χ1v) is 7.68. The van der Waals surface area contributed by atoms with Crippen molar-refractivity contribution in [3.05, 3.63) is 18.2 Å². The fourth-order valence-electron chi connectivity index (χ4n) is 1.44. The van der Waals surface area contributed by atoms with Gasteiger partial charge in [0.05, 0.1) is 12.2 Å². The number of benzene rings is 1. The van der Waals surface area contributed by atoms with Gasteiger partial charge in [-0.05, 0) is 38.8 Å². The molecular weight excluding hydrogens is 259 g/mol. The Morgan fingerprint density at radius 3 is 2.37 bits per heavy atom. The standard InChI is InChI=1S/C15H23O3P/c1-5-11(3)17-13-7-8-15(19-10-16)14(9-13)18-12(4)6-2/h7-12,16H,5-6H2,1-4H3/p-1. The van der Waals surface area contributed by atoms with Crippen LogP contribution in [0.5, 0.6) is 11.5 Å². The zero-order valence-electron chi connectivity index (χ0n) is 12.1. The molecule has 0 bridgehead atoms. The Labute approximate surface area is 117 Å². The largest absolute Gasteiger partial charge is 0.830 e. The second-order valence-corrected chi connectivity index (χ2v) is 5.49. The molecular formula is C15H22O3P-. The Balaban J connectivity index is 2.96. The van der Waals surface area contributed by atoms with Crippen LogP contribution in [0.15, 0.2) is 18.2 Å². The summed E-state index contributed by atoms with van der Waals surface area (Å²) >= 11 is 0. The van der Waals surface area contributed by atoms with Crippen LogP contribution in [0.3, 0.4) is 0 Å². The van der Waals surface area contributed by atoms with Crippen LogP contribution in [0.4, 0.5) is 0 Å². The Bertz CT molecular complexity index is 418. The third-order valence-electron chi connectivity index (χ3n) is 2.94. The lowest BCUT2D eigenvalue weighted by Gasteiger charge is -2.18. The fourth-order valence-corrected chi connectivity index (χ4v) is 1.96. The van der Waals surface area contributed by atoms with E-state index in [4.69, 9.17) is 9.47 Å². The molecule has 0 radical (unpaired) electrons. The number of hydrogen-bond acceptors (Lipinski definition) is 3. The first kappa shape index (κ1) is 16.0. The monoisotopic (exact) mass is 281 g/mol. The van der Waals surface area contributed by atoms with E-state index in [0.29, 0.717) is 8.20 Å². The average Bonchev–Trinajstić information content (AvgIpc) is 2.41. The summed E-state index contributed by atoms with van der Waals surface area (Å²) in [5.74, 6) is 2.40. The van der Waals surface area contributed by atoms with Crippen LogP contribution < -0.4 is 19.9 Å². The zero-order chi connectivity index (χ0) is 14.3. The van der Waals surface area contributed by atoms with E-state index in [1.54, 1.807) is 0 Å². The third-order valence-corrected chi connectivity index (χ3v) is 3.69. The summed E-state index contributed by atoms with van der Waals surface area (Å²) in [6.45, 7) is 8.21. The molecule has 0 aliphatic carbocycles. The first-order chi connectivity index (χ1) is 9.10. The average molecular weight is 281 g/mol. The molecule has 19 heavy (non-hydrogen) atoms. The third kappa shape index (κ3) is 5.22. The van der Waals surface area contributed by atoms with E-state index in [-0.39, 0.29) is 12.2 Å². The molecule has 3 nitrogen and oxygen atoms in total. The highest BCUT2D eigenvalue weighted by Gasteiger charge is 2.09. The Kier molecular flexibility index (Phi) is 6.90. The molecule has 0 saturated carbocycles. The van der Waals surface area contributed by atoms with Crippen LogP contribution in [-0.4, -0.2) is 18.2 Å². The molecule has 106 valence electrons. The van der Waals surface area contributed by atoms with Crippen LogP contribution in [0.2, 0.25) is 0 Å². The van der Waals surface area contributed by atoms with Gasteiger partial charge in [-0.3, -0.25) is 0 Å². The van der Waals surface area contributed by atoms with Gasteiger partial charge in [0.1, 0.15) is 11.5 Å². The molecule has 0 aliphatic rings. The molecule has 0 amide bonds. The normalized spacial score (nSPS) is 14.4. The first-order valence-electron chi connectivity index (χ1n) is 6.72. The van der Waals surface area contributed by atoms with Crippen molar-refractivity contribution < 1.29 is 14.6 Å². The highest BCUT2D eigenvalue weighted by Crippen LogP contribution is 2.23. The number of hydrogen-bond donors (Lipinski definition) is 0. The van der Waals surface area contributed by atoms with E-state index in [2.05, 4.69) is 13.8 Å². The van der Waals surface area contributed by atoms with Gasteiger partial charge in [-0.2, -0.15) is 5.98 Å². The predicted molar refractivity (Wildman–Crippen MR) is 79.8 cm³/mol. The summed E-state index contributed by atoms with van der Waals surface area (Å²) in [4.78, 5) is 0. The van der Waals surface area contributed by atoms with Crippen molar-refractivity contribution in [2.45, 2.75) is 52.7 Å². The SMILES string of the molecule is CCC(C)Oc1ccc(P=C[O-])c(OC(C)CC)c1. The summed E-state index contributed by atoms with van der Waals surface area (Å²) in [5, 5.41) is 11.6. The van der Waals surface area contributed by atoms with Gasteiger partial charge in [-0.25, -0.2) is 0 Å². The summed E-state index contributed by atoms with van der Waals surface area (Å²) in [5.41, 5.74) is 0. The van der Waals surface area contributed by atoms with Gasteiger partial charge in [0.15, 0.2) is 0 Å². The maximum absolute atomic E-state index is 10.7. The second-order valence-electron chi connectivity index (χ2n) is 4.54. The summed E-state index contributed by atoms with van der Waals surface area (Å²) in [6.07, 6.45) is 2.18. The minimum absolute atomic E-state index is 0.124. The van der Waals surface area contributed by atoms with Gasteiger partial charge < -0.3 is 14.6 Å². The fraction of sp³-hybridized carbons (Fsp3) is 0.533. The molecule has 0 N–H and O–H groups in total. The Morgan fingerprint density at radius 2 is 1.79 bits per heavy atom. The maximum atomic E-state index is 10.7. The minimum Gasteiger partial charge on any atom is -0.830 e. The van der Waals surface area contributed by atoms with Crippen LogP contribution in [0, 0.1) is 0 Å². The van der Waals surface area contributed by atoms with E-state index < -0.39 is 0 Å². The molecule has 0 spiro atoms. The van der Waals surface area contributed by atoms with Crippen LogP contribution in [-0.2, 0) is 0 Å². The van der Waals surface area contributed by atoms with Crippen molar-refractivity contribution in [3.8, 4) is 11.5 Å². The summed E-state index contributed by atoms with van der Waals surface area (Å²) < 4.78 is 11.6. The Hall–Kier alpha value is -1.05. The molecule has 1 aromatic carbocycles. The van der Waals surface area contributed by atoms with Gasteiger partial charge in [0.25, 0.3) is 0 Å². The topological polar surface area (TPSA) is 41.5 Å². The van der Waals surface area contributed by atoms with Gasteiger partial charge in [-0.15, -0.1) is 0 Å². The molecule has 0 saturated heterocycles.